The third kappa shape index (κ3) is 2.14. The second-order valence-corrected chi connectivity index (χ2v) is 6.36. The van der Waals surface area contributed by atoms with E-state index in [0.717, 1.165) is 36.2 Å². The van der Waals surface area contributed by atoms with Gasteiger partial charge in [0, 0.05) is 5.57 Å². The van der Waals surface area contributed by atoms with Crippen LogP contribution < -0.4 is 0 Å². The fraction of sp³-hybridized carbons (Fsp3) is 0.421. The van der Waals surface area contributed by atoms with E-state index in [4.69, 9.17) is 4.74 Å². The van der Waals surface area contributed by atoms with Crippen LogP contribution in [0.5, 0.6) is 0 Å². The van der Waals surface area contributed by atoms with Crippen LogP contribution in [0.1, 0.15) is 38.7 Å². The Kier molecular flexibility index (Phi) is 3.48. The average molecular weight is 282 g/mol. The molecule has 0 heterocycles. The van der Waals surface area contributed by atoms with Crippen LogP contribution in [0.3, 0.4) is 0 Å². The lowest BCUT2D eigenvalue weighted by Crippen LogP contribution is -2.39. The first-order chi connectivity index (χ1) is 10.1. The molecule has 1 aromatic rings. The number of Topliss-reactive ketones (excluding diaryl/α,β-unsaturated/α-hetero) is 1. The highest BCUT2D eigenvalue weighted by Crippen LogP contribution is 2.51. The number of benzene rings is 1. The summed E-state index contributed by atoms with van der Waals surface area (Å²) in [4.78, 5) is 13.1. The Morgan fingerprint density at radius 1 is 1.24 bits per heavy atom. The Labute approximate surface area is 126 Å². The van der Waals surface area contributed by atoms with Crippen molar-refractivity contribution in [3.05, 3.63) is 53.3 Å². The molecule has 1 aromatic carbocycles. The molecule has 0 amide bonds. The number of methoxy groups -OCH3 is 1. The predicted octanol–water partition coefficient (Wildman–Crippen LogP) is 4.38. The number of allylic oxidation sites excluding steroid dienone is 3. The van der Waals surface area contributed by atoms with Gasteiger partial charge in [-0.2, -0.15) is 0 Å². The van der Waals surface area contributed by atoms with Gasteiger partial charge in [-0.1, -0.05) is 43.7 Å². The first-order valence-electron chi connectivity index (χ1n) is 7.68. The van der Waals surface area contributed by atoms with Crippen molar-refractivity contribution < 1.29 is 9.53 Å². The lowest BCUT2D eigenvalue weighted by atomic mass is 9.61. The van der Waals surface area contributed by atoms with Crippen LogP contribution in [0, 0.1) is 11.3 Å². The van der Waals surface area contributed by atoms with Crippen molar-refractivity contribution in [3.63, 3.8) is 0 Å². The lowest BCUT2D eigenvalue weighted by Gasteiger charge is -2.42. The molecule has 0 bridgehead atoms. The monoisotopic (exact) mass is 282 g/mol. The second kappa shape index (κ2) is 5.18. The molecule has 0 saturated heterocycles. The number of fused-ring (bicyclic) bond motifs is 1. The highest BCUT2D eigenvalue weighted by molar-refractivity contribution is 6.25. The van der Waals surface area contributed by atoms with Crippen LogP contribution >= 0.6 is 0 Å². The van der Waals surface area contributed by atoms with E-state index in [1.165, 1.54) is 5.57 Å². The fourth-order valence-corrected chi connectivity index (χ4v) is 3.91. The largest absolute Gasteiger partial charge is 0.497 e. The smallest absolute Gasteiger partial charge is 0.173 e. The average Bonchev–Trinajstić information content (AvgIpc) is 2.50. The fourth-order valence-electron chi connectivity index (χ4n) is 3.91. The maximum absolute atomic E-state index is 13.1. The third-order valence-corrected chi connectivity index (χ3v) is 4.99. The minimum absolute atomic E-state index is 0.246. The van der Waals surface area contributed by atoms with E-state index in [1.807, 2.05) is 36.4 Å². The van der Waals surface area contributed by atoms with Crippen molar-refractivity contribution in [1.29, 1.82) is 0 Å². The van der Waals surface area contributed by atoms with Crippen LogP contribution in [0.15, 0.2) is 47.7 Å². The van der Waals surface area contributed by atoms with Crippen molar-refractivity contribution in [2.24, 2.45) is 11.3 Å². The normalized spacial score (nSPS) is 29.0. The molecule has 1 fully saturated rings. The van der Waals surface area contributed by atoms with Gasteiger partial charge in [-0.15, -0.1) is 0 Å². The molecular weight excluding hydrogens is 260 g/mol. The molecule has 1 saturated carbocycles. The number of carbonyl (C=O) groups is 1. The molecule has 2 aliphatic carbocycles. The molecule has 0 N–H and O–H groups in total. The first-order valence-corrected chi connectivity index (χ1v) is 7.68. The van der Waals surface area contributed by atoms with E-state index in [1.54, 1.807) is 7.11 Å². The Morgan fingerprint density at radius 3 is 2.62 bits per heavy atom. The molecule has 21 heavy (non-hydrogen) atoms. The SMILES string of the molecule is COC1=C2[C@H](C)CCC[C@@]2(C)C(=O)C(c2ccccc2)=C1. The first kappa shape index (κ1) is 14.1. The molecule has 2 nitrogen and oxygen atoms in total. The van der Waals surface area contributed by atoms with Gasteiger partial charge in [0.25, 0.3) is 0 Å². The lowest BCUT2D eigenvalue weighted by molar-refractivity contribution is -0.121. The quantitative estimate of drug-likeness (QED) is 0.804. The summed E-state index contributed by atoms with van der Waals surface area (Å²) in [6.07, 6.45) is 5.10. The summed E-state index contributed by atoms with van der Waals surface area (Å²) < 4.78 is 5.65. The number of ketones is 1. The van der Waals surface area contributed by atoms with Gasteiger partial charge in [0.2, 0.25) is 0 Å². The maximum atomic E-state index is 13.1. The van der Waals surface area contributed by atoms with Crippen molar-refractivity contribution in [1.82, 2.24) is 0 Å². The number of carbonyl (C=O) groups excluding carboxylic acids is 1. The van der Waals surface area contributed by atoms with Crippen LogP contribution in [0.25, 0.3) is 5.57 Å². The van der Waals surface area contributed by atoms with E-state index in [2.05, 4.69) is 13.8 Å². The zero-order valence-corrected chi connectivity index (χ0v) is 13.0. The van der Waals surface area contributed by atoms with Gasteiger partial charge in [-0.3, -0.25) is 4.79 Å². The minimum Gasteiger partial charge on any atom is -0.497 e. The van der Waals surface area contributed by atoms with E-state index in [-0.39, 0.29) is 5.78 Å². The minimum atomic E-state index is -0.400. The summed E-state index contributed by atoms with van der Waals surface area (Å²) in [5, 5.41) is 0. The van der Waals surface area contributed by atoms with Crippen molar-refractivity contribution in [2.75, 3.05) is 7.11 Å². The second-order valence-electron chi connectivity index (χ2n) is 6.36. The Bertz CT molecular complexity index is 624. The van der Waals surface area contributed by atoms with Gasteiger partial charge in [0.05, 0.1) is 12.5 Å². The van der Waals surface area contributed by atoms with Gasteiger partial charge >= 0.3 is 0 Å². The maximum Gasteiger partial charge on any atom is 0.173 e. The van der Waals surface area contributed by atoms with Gasteiger partial charge in [0.15, 0.2) is 5.78 Å². The summed E-state index contributed by atoms with van der Waals surface area (Å²) in [5.74, 6) is 1.55. The number of rotatable bonds is 2. The number of ether oxygens (including phenoxy) is 1. The Balaban J connectivity index is 2.18. The molecule has 0 radical (unpaired) electrons. The molecule has 2 aliphatic rings. The summed E-state index contributed by atoms with van der Waals surface area (Å²) in [6.45, 7) is 4.30. The number of hydrogen-bond acceptors (Lipinski definition) is 2. The topological polar surface area (TPSA) is 26.3 Å². The summed E-state index contributed by atoms with van der Waals surface area (Å²) in [6, 6.07) is 9.91. The Hall–Kier alpha value is -1.83. The van der Waals surface area contributed by atoms with Crippen molar-refractivity contribution in [3.8, 4) is 0 Å². The van der Waals surface area contributed by atoms with E-state index < -0.39 is 5.41 Å². The van der Waals surface area contributed by atoms with Gasteiger partial charge in [-0.05, 0) is 42.9 Å². The van der Waals surface area contributed by atoms with Crippen LogP contribution in [-0.2, 0) is 9.53 Å². The molecule has 110 valence electrons. The molecule has 2 heteroatoms. The standard InChI is InChI=1S/C19H22O2/c1-13-8-7-11-19(2)17(13)16(21-3)12-15(18(19)20)14-9-5-4-6-10-14/h4-6,9-10,12-13H,7-8,11H2,1-3H3/t13-,19-/m1/s1. The molecule has 0 aromatic heterocycles. The zero-order valence-electron chi connectivity index (χ0n) is 13.0. The molecule has 0 unspecified atom stereocenters. The van der Waals surface area contributed by atoms with Crippen molar-refractivity contribution >= 4 is 11.4 Å². The molecular formula is C19H22O2. The summed E-state index contributed by atoms with van der Waals surface area (Å²) in [7, 11) is 1.71. The highest BCUT2D eigenvalue weighted by Gasteiger charge is 2.47. The van der Waals surface area contributed by atoms with E-state index in [0.29, 0.717) is 5.92 Å². The zero-order chi connectivity index (χ0) is 15.0. The van der Waals surface area contributed by atoms with Crippen LogP contribution in [0.4, 0.5) is 0 Å². The molecule has 3 rings (SSSR count). The van der Waals surface area contributed by atoms with Crippen LogP contribution in [-0.4, -0.2) is 12.9 Å². The van der Waals surface area contributed by atoms with Crippen LogP contribution in [0.2, 0.25) is 0 Å². The predicted molar refractivity (Wildman–Crippen MR) is 84.6 cm³/mol. The molecule has 0 aliphatic heterocycles. The van der Waals surface area contributed by atoms with E-state index in [9.17, 15) is 4.79 Å². The molecule has 2 atom stereocenters. The molecule has 0 spiro atoms. The highest BCUT2D eigenvalue weighted by atomic mass is 16.5. The van der Waals surface area contributed by atoms with Crippen molar-refractivity contribution in [2.45, 2.75) is 33.1 Å². The third-order valence-electron chi connectivity index (χ3n) is 4.99. The summed E-state index contributed by atoms with van der Waals surface area (Å²) in [5.41, 5.74) is 2.56. The number of hydrogen-bond donors (Lipinski definition) is 0. The van der Waals surface area contributed by atoms with Gasteiger partial charge in [-0.25, -0.2) is 0 Å². The van der Waals surface area contributed by atoms with E-state index >= 15 is 0 Å². The Morgan fingerprint density at radius 2 is 1.95 bits per heavy atom. The van der Waals surface area contributed by atoms with Gasteiger partial charge < -0.3 is 4.74 Å². The summed E-state index contributed by atoms with van der Waals surface area (Å²) >= 11 is 0. The van der Waals surface area contributed by atoms with Gasteiger partial charge in [0.1, 0.15) is 5.76 Å².